The summed E-state index contributed by atoms with van der Waals surface area (Å²) in [6, 6.07) is 13.0. The first-order valence-electron chi connectivity index (χ1n) is 11.3. The van der Waals surface area contributed by atoms with Gasteiger partial charge in [-0.2, -0.15) is 0 Å². The van der Waals surface area contributed by atoms with Crippen LogP contribution in [0.3, 0.4) is 0 Å². The minimum atomic E-state index is -3.52. The monoisotopic (exact) mass is 473 g/mol. The zero-order valence-corrected chi connectivity index (χ0v) is 20.4. The Labute approximate surface area is 196 Å². The molecule has 1 aliphatic rings. The number of unbranched alkanes of at least 4 members (excludes halogenated alkanes) is 2. The number of hydrogen-bond donors (Lipinski definition) is 3. The molecule has 0 fully saturated rings. The highest BCUT2D eigenvalue weighted by molar-refractivity contribution is 7.91. The molecule has 0 unspecified atom stereocenters. The SMILES string of the molecule is Cc1ccc2c(c1)[C@@H](c1ccc(OCCCCCN=C(N)N)cc1)[C@@H](O)C(C)(C)CS2(=O)=O. The number of rotatable bonds is 8. The van der Waals surface area contributed by atoms with Crippen LogP contribution in [0.1, 0.15) is 55.7 Å². The lowest BCUT2D eigenvalue weighted by Crippen LogP contribution is -2.38. The Morgan fingerprint density at radius 3 is 2.48 bits per heavy atom. The van der Waals surface area contributed by atoms with Crippen LogP contribution in [-0.2, 0) is 9.84 Å². The summed E-state index contributed by atoms with van der Waals surface area (Å²) in [6.45, 7) is 6.76. The van der Waals surface area contributed by atoms with Gasteiger partial charge in [-0.3, -0.25) is 4.99 Å². The molecular formula is C25H35N3O4S. The fourth-order valence-electron chi connectivity index (χ4n) is 4.39. The first kappa shape index (κ1) is 25.1. The topological polar surface area (TPSA) is 128 Å². The molecule has 0 amide bonds. The van der Waals surface area contributed by atoms with Gasteiger partial charge in [0.25, 0.3) is 0 Å². The third-order valence-corrected chi connectivity index (χ3v) is 8.28. The van der Waals surface area contributed by atoms with Gasteiger partial charge in [0.1, 0.15) is 5.75 Å². The third-order valence-electron chi connectivity index (χ3n) is 6.12. The quantitative estimate of drug-likeness (QED) is 0.307. The molecule has 0 saturated heterocycles. The maximum absolute atomic E-state index is 13.1. The highest BCUT2D eigenvalue weighted by Gasteiger charge is 2.44. The summed E-state index contributed by atoms with van der Waals surface area (Å²) < 4.78 is 32.0. The Morgan fingerprint density at radius 2 is 1.82 bits per heavy atom. The molecule has 0 radical (unpaired) electrons. The number of ether oxygens (including phenoxy) is 1. The lowest BCUT2D eigenvalue weighted by molar-refractivity contribution is 0.0521. The largest absolute Gasteiger partial charge is 0.494 e. The van der Waals surface area contributed by atoms with E-state index in [1.54, 1.807) is 6.07 Å². The zero-order valence-electron chi connectivity index (χ0n) is 19.6. The van der Waals surface area contributed by atoms with Gasteiger partial charge in [-0.25, -0.2) is 8.42 Å². The molecule has 8 heteroatoms. The van der Waals surface area contributed by atoms with Gasteiger partial charge in [-0.1, -0.05) is 43.7 Å². The second-order valence-electron chi connectivity index (χ2n) is 9.50. The number of aryl methyl sites for hydroxylation is 1. The standard InChI is InChI=1S/C25H35N3O4S/c1-17-7-12-21-20(15-17)22(23(29)25(2,3)16-33(21,30)31)18-8-10-19(11-9-18)32-14-6-4-5-13-28-24(26)27/h7-12,15,22-23,29H,4-6,13-14,16H2,1-3H3,(H4,26,27,28)/t22-,23-/m1/s1. The summed E-state index contributed by atoms with van der Waals surface area (Å²) in [5.74, 6) is 0.307. The highest BCUT2D eigenvalue weighted by Crippen LogP contribution is 2.44. The molecule has 2 aromatic rings. The first-order chi connectivity index (χ1) is 15.5. The molecular weight excluding hydrogens is 438 g/mol. The number of guanidine groups is 1. The van der Waals surface area contributed by atoms with E-state index < -0.39 is 27.3 Å². The van der Waals surface area contributed by atoms with E-state index in [2.05, 4.69) is 4.99 Å². The smallest absolute Gasteiger partial charge is 0.185 e. The average molecular weight is 474 g/mol. The predicted molar refractivity (Wildman–Crippen MR) is 131 cm³/mol. The average Bonchev–Trinajstić information content (AvgIpc) is 2.78. The molecule has 5 N–H and O–H groups in total. The van der Waals surface area contributed by atoms with Crippen LogP contribution in [0.5, 0.6) is 5.75 Å². The van der Waals surface area contributed by atoms with Crippen LogP contribution >= 0.6 is 0 Å². The number of aliphatic hydroxyl groups is 1. The number of hydrogen-bond acceptors (Lipinski definition) is 5. The van der Waals surface area contributed by atoms with Gasteiger partial charge in [-0.05, 0) is 55.5 Å². The molecule has 0 aromatic heterocycles. The van der Waals surface area contributed by atoms with E-state index in [1.807, 2.05) is 57.2 Å². The van der Waals surface area contributed by atoms with Crippen molar-refractivity contribution in [2.45, 2.75) is 57.0 Å². The van der Waals surface area contributed by atoms with Gasteiger partial charge in [0.2, 0.25) is 0 Å². The van der Waals surface area contributed by atoms with Crippen LogP contribution in [-0.4, -0.2) is 44.5 Å². The van der Waals surface area contributed by atoms with Gasteiger partial charge < -0.3 is 21.3 Å². The van der Waals surface area contributed by atoms with Crippen molar-refractivity contribution in [2.75, 3.05) is 18.9 Å². The van der Waals surface area contributed by atoms with Crippen molar-refractivity contribution in [3.8, 4) is 5.75 Å². The number of aliphatic hydroxyl groups excluding tert-OH is 1. The zero-order chi connectivity index (χ0) is 24.2. The summed E-state index contributed by atoms with van der Waals surface area (Å²) in [4.78, 5) is 4.27. The minimum absolute atomic E-state index is 0.0991. The van der Waals surface area contributed by atoms with E-state index in [-0.39, 0.29) is 11.7 Å². The third kappa shape index (κ3) is 6.06. The maximum Gasteiger partial charge on any atom is 0.185 e. The van der Waals surface area contributed by atoms with E-state index in [9.17, 15) is 13.5 Å². The lowest BCUT2D eigenvalue weighted by atomic mass is 9.75. The van der Waals surface area contributed by atoms with Gasteiger partial charge in [0, 0.05) is 17.9 Å². The number of nitrogens with zero attached hydrogens (tertiary/aromatic N) is 1. The Kier molecular flexibility index (Phi) is 7.69. The number of sulfone groups is 1. The maximum atomic E-state index is 13.1. The van der Waals surface area contributed by atoms with Crippen LogP contribution in [0.2, 0.25) is 0 Å². The van der Waals surface area contributed by atoms with E-state index in [0.29, 0.717) is 23.6 Å². The fraction of sp³-hybridized carbons (Fsp3) is 0.480. The minimum Gasteiger partial charge on any atom is -0.494 e. The van der Waals surface area contributed by atoms with Gasteiger partial charge in [-0.15, -0.1) is 0 Å². The van der Waals surface area contributed by atoms with Crippen LogP contribution in [0.25, 0.3) is 0 Å². The molecule has 33 heavy (non-hydrogen) atoms. The lowest BCUT2D eigenvalue weighted by Gasteiger charge is -2.33. The number of benzene rings is 2. The van der Waals surface area contributed by atoms with Crippen molar-refractivity contribution in [3.63, 3.8) is 0 Å². The van der Waals surface area contributed by atoms with Crippen molar-refractivity contribution in [3.05, 3.63) is 59.2 Å². The summed E-state index contributed by atoms with van der Waals surface area (Å²) in [5.41, 5.74) is 12.3. The summed E-state index contributed by atoms with van der Waals surface area (Å²) in [7, 11) is -3.52. The molecule has 2 aromatic carbocycles. The van der Waals surface area contributed by atoms with Crippen LogP contribution < -0.4 is 16.2 Å². The summed E-state index contributed by atoms with van der Waals surface area (Å²) in [6.07, 6.45) is 1.90. The number of aliphatic imine (C=N–C) groups is 1. The summed E-state index contributed by atoms with van der Waals surface area (Å²) >= 11 is 0. The highest BCUT2D eigenvalue weighted by atomic mass is 32.2. The molecule has 3 rings (SSSR count). The van der Waals surface area contributed by atoms with Crippen LogP contribution in [0, 0.1) is 12.3 Å². The molecule has 1 aliphatic heterocycles. The molecule has 0 spiro atoms. The van der Waals surface area contributed by atoms with Gasteiger partial charge in [0.15, 0.2) is 15.8 Å². The Hall–Kier alpha value is -2.58. The van der Waals surface area contributed by atoms with Gasteiger partial charge >= 0.3 is 0 Å². The predicted octanol–water partition coefficient (Wildman–Crippen LogP) is 3.12. The van der Waals surface area contributed by atoms with Gasteiger partial charge in [0.05, 0.1) is 23.4 Å². The molecule has 0 bridgehead atoms. The molecule has 1 heterocycles. The van der Waals surface area contributed by atoms with Crippen molar-refractivity contribution in [1.29, 1.82) is 0 Å². The molecule has 0 aliphatic carbocycles. The van der Waals surface area contributed by atoms with E-state index >= 15 is 0 Å². The van der Waals surface area contributed by atoms with E-state index in [1.165, 1.54) is 0 Å². The van der Waals surface area contributed by atoms with Crippen LogP contribution in [0.4, 0.5) is 0 Å². The molecule has 2 atom stereocenters. The Bertz CT molecular complexity index is 1090. The second kappa shape index (κ2) is 10.1. The van der Waals surface area contributed by atoms with Crippen molar-refractivity contribution >= 4 is 15.8 Å². The summed E-state index contributed by atoms with van der Waals surface area (Å²) in [5, 5.41) is 11.3. The van der Waals surface area contributed by atoms with E-state index in [0.717, 1.165) is 36.1 Å². The fourth-order valence-corrected chi connectivity index (χ4v) is 6.52. The number of nitrogens with two attached hydrogens (primary N) is 2. The van der Waals surface area contributed by atoms with Crippen molar-refractivity contribution in [1.82, 2.24) is 0 Å². The van der Waals surface area contributed by atoms with E-state index in [4.69, 9.17) is 16.2 Å². The van der Waals surface area contributed by atoms with Crippen LogP contribution in [0.15, 0.2) is 52.4 Å². The normalized spacial score (nSPS) is 21.0. The van der Waals surface area contributed by atoms with Crippen molar-refractivity contribution < 1.29 is 18.3 Å². The van der Waals surface area contributed by atoms with Crippen molar-refractivity contribution in [2.24, 2.45) is 21.9 Å². The Balaban J connectivity index is 1.77. The first-order valence-corrected chi connectivity index (χ1v) is 13.0. The second-order valence-corrected chi connectivity index (χ2v) is 11.5. The molecule has 7 nitrogen and oxygen atoms in total. The number of fused-ring (bicyclic) bond motifs is 1. The molecule has 180 valence electrons. The Morgan fingerprint density at radius 1 is 1.12 bits per heavy atom. The molecule has 0 saturated carbocycles.